The van der Waals surface area contributed by atoms with E-state index in [0.29, 0.717) is 43.7 Å². The molecule has 2 N–H and O–H groups in total. The first-order chi connectivity index (χ1) is 12.3. The molecule has 0 unspecified atom stereocenters. The van der Waals surface area contributed by atoms with Gasteiger partial charge in [0.2, 0.25) is 10.0 Å². The number of piperidine rings is 1. The van der Waals surface area contributed by atoms with Crippen molar-refractivity contribution in [1.82, 2.24) is 4.90 Å². The maximum absolute atomic E-state index is 12.4. The van der Waals surface area contributed by atoms with Crippen molar-refractivity contribution in [1.29, 1.82) is 0 Å². The highest BCUT2D eigenvalue weighted by atomic mass is 32.3. The van der Waals surface area contributed by atoms with Crippen molar-refractivity contribution < 1.29 is 26.4 Å². The Balaban J connectivity index is 1.87. The number of ether oxygens (including phenoxy) is 1. The number of sulfonamides is 1. The molecule has 0 radical (unpaired) electrons. The van der Waals surface area contributed by atoms with Crippen LogP contribution in [0.1, 0.15) is 40.0 Å². The second kappa shape index (κ2) is 8.06. The summed E-state index contributed by atoms with van der Waals surface area (Å²) in [5.74, 6) is 0.130. The Morgan fingerprint density at radius 2 is 1.74 bits per heavy atom. The zero-order valence-corrected chi connectivity index (χ0v) is 18.1. The summed E-state index contributed by atoms with van der Waals surface area (Å²) in [6, 6.07) is 2.50. The summed E-state index contributed by atoms with van der Waals surface area (Å²) >= 11 is 0.673. The molecule has 154 valence electrons. The van der Waals surface area contributed by atoms with Gasteiger partial charge in [-0.25, -0.2) is 26.8 Å². The molecule has 1 amide bonds. The number of sulfone groups is 1. The van der Waals surface area contributed by atoms with Gasteiger partial charge in [0.1, 0.15) is 14.0 Å². The minimum absolute atomic E-state index is 0.0118. The second-order valence-electron chi connectivity index (χ2n) is 7.64. The predicted molar refractivity (Wildman–Crippen MR) is 103 cm³/mol. The van der Waals surface area contributed by atoms with Crippen LogP contribution in [-0.2, 0) is 24.6 Å². The fraction of sp³-hybridized carbons (Fsp3) is 0.688. The lowest BCUT2D eigenvalue weighted by Gasteiger charge is -2.33. The lowest BCUT2D eigenvalue weighted by molar-refractivity contribution is 0.0183. The van der Waals surface area contributed by atoms with Gasteiger partial charge in [-0.1, -0.05) is 0 Å². The molecule has 1 aliphatic heterocycles. The van der Waals surface area contributed by atoms with Gasteiger partial charge in [-0.3, -0.25) is 0 Å². The highest BCUT2D eigenvalue weighted by Gasteiger charge is 2.28. The van der Waals surface area contributed by atoms with Gasteiger partial charge in [-0.2, -0.15) is 0 Å². The molecule has 1 fully saturated rings. The molecule has 1 saturated heterocycles. The molecule has 8 nitrogen and oxygen atoms in total. The molecule has 0 saturated carbocycles. The quantitative estimate of drug-likeness (QED) is 0.751. The smallest absolute Gasteiger partial charge is 0.410 e. The fourth-order valence-corrected chi connectivity index (χ4v) is 6.54. The maximum Gasteiger partial charge on any atom is 0.410 e. The summed E-state index contributed by atoms with van der Waals surface area (Å²) in [6.07, 6.45) is 1.54. The fourth-order valence-electron chi connectivity index (χ4n) is 2.78. The first kappa shape index (κ1) is 22.1. The van der Waals surface area contributed by atoms with E-state index in [2.05, 4.69) is 0 Å². The van der Waals surface area contributed by atoms with Crippen LogP contribution in [0.4, 0.5) is 4.79 Å². The van der Waals surface area contributed by atoms with E-state index in [1.165, 1.54) is 12.1 Å². The molecule has 0 aromatic carbocycles. The van der Waals surface area contributed by atoms with Crippen molar-refractivity contribution in [2.45, 2.75) is 54.1 Å². The minimum Gasteiger partial charge on any atom is -0.444 e. The number of thiophene rings is 1. The van der Waals surface area contributed by atoms with Crippen molar-refractivity contribution in [3.8, 4) is 0 Å². The van der Waals surface area contributed by atoms with Crippen LogP contribution in [0.2, 0.25) is 0 Å². The first-order valence-electron chi connectivity index (χ1n) is 8.61. The average molecular weight is 439 g/mol. The van der Waals surface area contributed by atoms with Crippen molar-refractivity contribution in [3.05, 3.63) is 12.1 Å². The molecule has 1 aliphatic rings. The average Bonchev–Trinajstić information content (AvgIpc) is 3.03. The molecule has 0 bridgehead atoms. The Hall–Kier alpha value is -1.17. The third kappa shape index (κ3) is 6.44. The summed E-state index contributed by atoms with van der Waals surface area (Å²) in [4.78, 5) is 13.7. The van der Waals surface area contributed by atoms with Crippen LogP contribution in [0, 0.1) is 5.92 Å². The van der Waals surface area contributed by atoms with Gasteiger partial charge in [-0.05, 0) is 58.1 Å². The van der Waals surface area contributed by atoms with Crippen LogP contribution < -0.4 is 5.14 Å². The largest absolute Gasteiger partial charge is 0.444 e. The third-order valence-corrected chi connectivity index (χ3v) is 9.06. The Morgan fingerprint density at radius 3 is 2.22 bits per heavy atom. The van der Waals surface area contributed by atoms with Crippen LogP contribution in [0.5, 0.6) is 0 Å². The normalized spacial score (nSPS) is 17.1. The van der Waals surface area contributed by atoms with E-state index in [4.69, 9.17) is 9.88 Å². The highest BCUT2D eigenvalue weighted by molar-refractivity contribution is 7.95. The summed E-state index contributed by atoms with van der Waals surface area (Å²) in [5.41, 5.74) is -0.543. The van der Waals surface area contributed by atoms with E-state index in [1.807, 2.05) is 20.8 Å². The van der Waals surface area contributed by atoms with E-state index in [-0.39, 0.29) is 26.2 Å². The standard InChI is InChI=1S/C16H26N2O6S3/c1-16(2,3)24-15(19)18-9-6-12(7-10-18)8-11-26(20,21)13-4-5-14(25-13)27(17,22)23/h4-5,12H,6-11H2,1-3H3,(H2,17,22,23). The van der Waals surface area contributed by atoms with Gasteiger partial charge in [0.15, 0.2) is 9.84 Å². The maximum atomic E-state index is 12.4. The minimum atomic E-state index is -3.90. The summed E-state index contributed by atoms with van der Waals surface area (Å²) in [7, 11) is -7.46. The van der Waals surface area contributed by atoms with Gasteiger partial charge >= 0.3 is 6.09 Å². The van der Waals surface area contributed by atoms with Crippen LogP contribution >= 0.6 is 11.3 Å². The lowest BCUT2D eigenvalue weighted by Crippen LogP contribution is -2.41. The molecule has 1 aromatic heterocycles. The van der Waals surface area contributed by atoms with E-state index < -0.39 is 25.5 Å². The number of nitrogens with zero attached hydrogens (tertiary/aromatic N) is 1. The topological polar surface area (TPSA) is 124 Å². The summed E-state index contributed by atoms with van der Waals surface area (Å²) in [6.45, 7) is 6.51. The van der Waals surface area contributed by atoms with Gasteiger partial charge in [-0.15, -0.1) is 11.3 Å². The molecule has 1 aromatic rings. The SMILES string of the molecule is CC(C)(C)OC(=O)N1CCC(CCS(=O)(=O)c2ccc(S(N)(=O)=O)s2)CC1. The number of likely N-dealkylation sites (tertiary alicyclic amines) is 1. The van der Waals surface area contributed by atoms with Crippen molar-refractivity contribution in [2.75, 3.05) is 18.8 Å². The van der Waals surface area contributed by atoms with E-state index in [1.54, 1.807) is 4.90 Å². The molecule has 0 spiro atoms. The van der Waals surface area contributed by atoms with Crippen LogP contribution in [-0.4, -0.2) is 52.3 Å². The van der Waals surface area contributed by atoms with Gasteiger partial charge < -0.3 is 9.64 Å². The van der Waals surface area contributed by atoms with E-state index in [9.17, 15) is 21.6 Å². The Labute approximate surface area is 164 Å². The number of rotatable bonds is 5. The number of hydrogen-bond donors (Lipinski definition) is 1. The summed E-state index contributed by atoms with van der Waals surface area (Å²) < 4.78 is 52.7. The lowest BCUT2D eigenvalue weighted by atomic mass is 9.95. The van der Waals surface area contributed by atoms with E-state index in [0.717, 1.165) is 0 Å². The molecule has 11 heteroatoms. The molecule has 0 aliphatic carbocycles. The number of nitrogens with two attached hydrogens (primary N) is 1. The number of carbonyl (C=O) groups is 1. The van der Waals surface area contributed by atoms with Gasteiger partial charge in [0.25, 0.3) is 0 Å². The summed E-state index contributed by atoms with van der Waals surface area (Å²) in [5, 5.41) is 5.03. The van der Waals surface area contributed by atoms with Crippen LogP contribution in [0.3, 0.4) is 0 Å². The molecule has 27 heavy (non-hydrogen) atoms. The predicted octanol–water partition coefficient (Wildman–Crippen LogP) is 2.21. The monoisotopic (exact) mass is 438 g/mol. The first-order valence-corrected chi connectivity index (χ1v) is 12.6. The number of carbonyl (C=O) groups excluding carboxylic acids is 1. The molecular weight excluding hydrogens is 412 g/mol. The zero-order chi connectivity index (χ0) is 20.5. The highest BCUT2D eigenvalue weighted by Crippen LogP contribution is 2.28. The molecule has 2 rings (SSSR count). The van der Waals surface area contributed by atoms with Gasteiger partial charge in [0.05, 0.1) is 5.75 Å². The zero-order valence-electron chi connectivity index (χ0n) is 15.7. The number of primary sulfonamides is 1. The molecule has 0 atom stereocenters. The Kier molecular flexibility index (Phi) is 6.60. The number of hydrogen-bond acceptors (Lipinski definition) is 7. The second-order valence-corrected chi connectivity index (χ2v) is 12.8. The Bertz CT molecular complexity index is 876. The molecular formula is C16H26N2O6S3. The van der Waals surface area contributed by atoms with Crippen molar-refractivity contribution in [3.63, 3.8) is 0 Å². The van der Waals surface area contributed by atoms with Crippen molar-refractivity contribution >= 4 is 37.3 Å². The van der Waals surface area contributed by atoms with Crippen molar-refractivity contribution in [2.24, 2.45) is 11.1 Å². The Morgan fingerprint density at radius 1 is 1.19 bits per heavy atom. The molecule has 2 heterocycles. The van der Waals surface area contributed by atoms with Crippen LogP contribution in [0.25, 0.3) is 0 Å². The van der Waals surface area contributed by atoms with Crippen LogP contribution in [0.15, 0.2) is 20.6 Å². The van der Waals surface area contributed by atoms with E-state index >= 15 is 0 Å². The number of amides is 1. The third-order valence-electron chi connectivity index (χ3n) is 4.20. The van der Waals surface area contributed by atoms with Gasteiger partial charge in [0, 0.05) is 13.1 Å².